The third-order valence-electron chi connectivity index (χ3n) is 1.96. The molecule has 1 atom stereocenters. The van der Waals surface area contributed by atoms with E-state index in [-0.39, 0.29) is 11.5 Å². The van der Waals surface area contributed by atoms with Crippen LogP contribution < -0.4 is 5.32 Å². The van der Waals surface area contributed by atoms with E-state index >= 15 is 0 Å². The molecule has 0 spiro atoms. The lowest BCUT2D eigenvalue weighted by atomic mass is 10.1. The molecule has 0 saturated heterocycles. The molecule has 0 radical (unpaired) electrons. The van der Waals surface area contributed by atoms with Crippen LogP contribution in [0.2, 0.25) is 0 Å². The molecule has 5 heteroatoms. The minimum atomic E-state index is -2.51. The Hall–Kier alpha value is -1.16. The van der Waals surface area contributed by atoms with Crippen molar-refractivity contribution in [3.63, 3.8) is 0 Å². The van der Waals surface area contributed by atoms with Gasteiger partial charge in [-0.15, -0.1) is 11.6 Å². The van der Waals surface area contributed by atoms with Crippen LogP contribution in [0.15, 0.2) is 24.3 Å². The highest BCUT2D eigenvalue weighted by atomic mass is 35.5. The van der Waals surface area contributed by atoms with Crippen molar-refractivity contribution in [3.05, 3.63) is 35.4 Å². The summed E-state index contributed by atoms with van der Waals surface area (Å²) in [6.07, 6.45) is -2.51. The van der Waals surface area contributed by atoms with Gasteiger partial charge in [-0.05, 0) is 5.56 Å². The molecule has 0 aliphatic rings. The zero-order valence-corrected chi connectivity index (χ0v) is 8.76. The van der Waals surface area contributed by atoms with E-state index in [0.717, 1.165) is 0 Å². The highest BCUT2D eigenvalue weighted by Crippen LogP contribution is 2.24. The molecule has 1 rings (SSSR count). The second kappa shape index (κ2) is 5.07. The monoisotopic (exact) mass is 233 g/mol. The van der Waals surface area contributed by atoms with Crippen LogP contribution in [0.5, 0.6) is 0 Å². The Morgan fingerprint density at radius 3 is 2.13 bits per heavy atom. The fourth-order valence-corrected chi connectivity index (χ4v) is 1.34. The predicted octanol–water partition coefficient (Wildman–Crippen LogP) is 2.65. The standard InChI is InChI=1S/C10H10ClF2NO/c1-14-10(15)8(11)6-2-4-7(5-3-6)9(12)13/h2-5,8-9H,1H3,(H,14,15). The van der Waals surface area contributed by atoms with Crippen LogP contribution in [0.25, 0.3) is 0 Å². The summed E-state index contributed by atoms with van der Waals surface area (Å²) in [5.41, 5.74) is 0.417. The van der Waals surface area contributed by atoms with Gasteiger partial charge in [-0.3, -0.25) is 4.79 Å². The van der Waals surface area contributed by atoms with Crippen molar-refractivity contribution in [3.8, 4) is 0 Å². The summed E-state index contributed by atoms with van der Waals surface area (Å²) < 4.78 is 24.4. The van der Waals surface area contributed by atoms with Crippen molar-refractivity contribution in [1.29, 1.82) is 0 Å². The molecule has 0 aliphatic heterocycles. The van der Waals surface area contributed by atoms with E-state index in [0.29, 0.717) is 5.56 Å². The number of rotatable bonds is 3. The number of halogens is 3. The number of hydrogen-bond donors (Lipinski definition) is 1. The highest BCUT2D eigenvalue weighted by Gasteiger charge is 2.16. The van der Waals surface area contributed by atoms with E-state index in [4.69, 9.17) is 11.6 Å². The molecule has 1 amide bonds. The molecule has 0 aliphatic carbocycles. The molecular formula is C10H10ClF2NO. The Bertz CT molecular complexity index is 340. The van der Waals surface area contributed by atoms with Gasteiger partial charge >= 0.3 is 0 Å². The first-order chi connectivity index (χ1) is 7.06. The lowest BCUT2D eigenvalue weighted by Gasteiger charge is -2.08. The fraction of sp³-hybridized carbons (Fsp3) is 0.300. The quantitative estimate of drug-likeness (QED) is 0.799. The van der Waals surface area contributed by atoms with Crippen molar-refractivity contribution in [1.82, 2.24) is 5.32 Å². The van der Waals surface area contributed by atoms with Gasteiger partial charge in [0.05, 0.1) is 0 Å². The Morgan fingerprint density at radius 2 is 1.73 bits per heavy atom. The molecule has 0 fully saturated rings. The Morgan fingerprint density at radius 1 is 1.27 bits per heavy atom. The highest BCUT2D eigenvalue weighted by molar-refractivity contribution is 6.30. The van der Waals surface area contributed by atoms with Crippen LogP contribution in [-0.4, -0.2) is 13.0 Å². The number of carbonyl (C=O) groups excluding carboxylic acids is 1. The van der Waals surface area contributed by atoms with Crippen molar-refractivity contribution in [2.75, 3.05) is 7.05 Å². The lowest BCUT2D eigenvalue weighted by Crippen LogP contribution is -2.22. The first-order valence-corrected chi connectivity index (χ1v) is 4.73. The number of likely N-dealkylation sites (N-methyl/N-ethyl adjacent to an activating group) is 1. The van der Waals surface area contributed by atoms with E-state index in [1.165, 1.54) is 31.3 Å². The molecule has 15 heavy (non-hydrogen) atoms. The zero-order valence-electron chi connectivity index (χ0n) is 8.01. The molecule has 1 aromatic carbocycles. The summed E-state index contributed by atoms with van der Waals surface area (Å²) in [7, 11) is 1.46. The zero-order chi connectivity index (χ0) is 11.4. The maximum Gasteiger partial charge on any atom is 0.263 e. The second-order valence-electron chi connectivity index (χ2n) is 2.94. The van der Waals surface area contributed by atoms with Crippen LogP contribution in [-0.2, 0) is 4.79 Å². The van der Waals surface area contributed by atoms with Crippen LogP contribution in [0.3, 0.4) is 0 Å². The predicted molar refractivity (Wildman–Crippen MR) is 54.1 cm³/mol. The van der Waals surface area contributed by atoms with Crippen molar-refractivity contribution >= 4 is 17.5 Å². The van der Waals surface area contributed by atoms with Gasteiger partial charge in [-0.2, -0.15) is 0 Å². The molecule has 0 bridgehead atoms. The van der Waals surface area contributed by atoms with Gasteiger partial charge in [0.25, 0.3) is 6.43 Å². The number of alkyl halides is 3. The lowest BCUT2D eigenvalue weighted by molar-refractivity contribution is -0.120. The third-order valence-corrected chi connectivity index (χ3v) is 2.41. The average Bonchev–Trinajstić information content (AvgIpc) is 2.27. The largest absolute Gasteiger partial charge is 0.358 e. The summed E-state index contributed by atoms with van der Waals surface area (Å²) in [6.45, 7) is 0. The van der Waals surface area contributed by atoms with Crippen molar-refractivity contribution < 1.29 is 13.6 Å². The third kappa shape index (κ3) is 2.89. The van der Waals surface area contributed by atoms with E-state index in [9.17, 15) is 13.6 Å². The Kier molecular flexibility index (Phi) is 4.03. The van der Waals surface area contributed by atoms with Gasteiger partial charge < -0.3 is 5.32 Å². The first kappa shape index (κ1) is 11.9. The average molecular weight is 234 g/mol. The molecule has 0 heterocycles. The van der Waals surface area contributed by atoms with Crippen LogP contribution in [0.4, 0.5) is 8.78 Å². The topological polar surface area (TPSA) is 29.1 Å². The molecule has 2 nitrogen and oxygen atoms in total. The van der Waals surface area contributed by atoms with E-state index in [2.05, 4.69) is 5.32 Å². The number of carbonyl (C=O) groups is 1. The Labute approximate surface area is 91.2 Å². The molecule has 1 N–H and O–H groups in total. The van der Waals surface area contributed by atoms with Gasteiger partial charge in [0.1, 0.15) is 5.38 Å². The maximum absolute atomic E-state index is 12.2. The maximum atomic E-state index is 12.2. The second-order valence-corrected chi connectivity index (χ2v) is 3.38. The molecule has 1 aromatic rings. The minimum Gasteiger partial charge on any atom is -0.358 e. The summed E-state index contributed by atoms with van der Waals surface area (Å²) in [6, 6.07) is 5.37. The van der Waals surface area contributed by atoms with Crippen molar-refractivity contribution in [2.45, 2.75) is 11.8 Å². The first-order valence-electron chi connectivity index (χ1n) is 4.30. The normalized spacial score (nSPS) is 12.6. The summed E-state index contributed by atoms with van der Waals surface area (Å²) in [5.74, 6) is -0.360. The van der Waals surface area contributed by atoms with E-state index < -0.39 is 11.8 Å². The number of amides is 1. The van der Waals surface area contributed by atoms with Gasteiger partial charge in [-0.25, -0.2) is 8.78 Å². The Balaban J connectivity index is 2.84. The summed E-state index contributed by atoms with van der Waals surface area (Å²) in [5, 5.41) is 1.54. The molecule has 82 valence electrons. The van der Waals surface area contributed by atoms with Crippen LogP contribution >= 0.6 is 11.6 Å². The number of nitrogens with one attached hydrogen (secondary N) is 1. The van der Waals surface area contributed by atoms with Gasteiger partial charge in [0.2, 0.25) is 5.91 Å². The minimum absolute atomic E-state index is 0.0838. The summed E-state index contributed by atoms with van der Waals surface area (Å²) in [4.78, 5) is 11.1. The van der Waals surface area contributed by atoms with E-state index in [1.54, 1.807) is 0 Å². The van der Waals surface area contributed by atoms with Crippen molar-refractivity contribution in [2.24, 2.45) is 0 Å². The van der Waals surface area contributed by atoms with Gasteiger partial charge in [0.15, 0.2) is 0 Å². The van der Waals surface area contributed by atoms with Crippen LogP contribution in [0, 0.1) is 0 Å². The summed E-state index contributed by atoms with van der Waals surface area (Å²) >= 11 is 5.79. The molecule has 0 aromatic heterocycles. The SMILES string of the molecule is CNC(=O)C(Cl)c1ccc(C(F)F)cc1. The fourth-order valence-electron chi connectivity index (χ4n) is 1.09. The van der Waals surface area contributed by atoms with Gasteiger partial charge in [-0.1, -0.05) is 24.3 Å². The van der Waals surface area contributed by atoms with Crippen LogP contribution in [0.1, 0.15) is 22.9 Å². The van der Waals surface area contributed by atoms with Gasteiger partial charge in [0, 0.05) is 12.6 Å². The number of benzene rings is 1. The molecular weight excluding hydrogens is 224 g/mol. The smallest absolute Gasteiger partial charge is 0.263 e. The molecule has 0 saturated carbocycles. The number of hydrogen-bond acceptors (Lipinski definition) is 1. The molecule has 1 unspecified atom stereocenters. The van der Waals surface area contributed by atoms with E-state index in [1.807, 2.05) is 0 Å².